The van der Waals surface area contributed by atoms with Crippen LogP contribution in [0.3, 0.4) is 0 Å². The second kappa shape index (κ2) is 3.81. The first kappa shape index (κ1) is 9.83. The molecule has 15 heavy (non-hydrogen) atoms. The van der Waals surface area contributed by atoms with Gasteiger partial charge in [0.15, 0.2) is 5.96 Å². The van der Waals surface area contributed by atoms with Crippen molar-refractivity contribution in [3.05, 3.63) is 29.8 Å². The van der Waals surface area contributed by atoms with Gasteiger partial charge in [-0.05, 0) is 18.1 Å². The topological polar surface area (TPSA) is 65.1 Å². The van der Waals surface area contributed by atoms with Crippen molar-refractivity contribution < 1.29 is 0 Å². The van der Waals surface area contributed by atoms with Crippen LogP contribution in [0, 0.1) is 5.41 Å². The minimum atomic E-state index is 0.118. The second-order valence-electron chi connectivity index (χ2n) is 3.97. The molecule has 0 aliphatic carbocycles. The van der Waals surface area contributed by atoms with Gasteiger partial charge in [0.1, 0.15) is 0 Å². The van der Waals surface area contributed by atoms with Gasteiger partial charge in [-0.2, -0.15) is 0 Å². The highest BCUT2D eigenvalue weighted by Gasteiger charge is 2.21. The number of benzene rings is 1. The molecular weight excluding hydrogens is 188 g/mol. The third kappa shape index (κ3) is 2.03. The van der Waals surface area contributed by atoms with Gasteiger partial charge < -0.3 is 16.0 Å². The summed E-state index contributed by atoms with van der Waals surface area (Å²) in [6.45, 7) is 0.768. The number of rotatable bonds is 2. The van der Waals surface area contributed by atoms with Gasteiger partial charge in [0.2, 0.25) is 0 Å². The SMILES string of the molecule is CN(CC1Cc2ccccc2N1)C(=N)N. The lowest BCUT2D eigenvalue weighted by Gasteiger charge is -2.21. The first-order valence-corrected chi connectivity index (χ1v) is 5.06. The Bertz CT molecular complexity index is 350. The molecule has 4 heteroatoms. The van der Waals surface area contributed by atoms with Crippen LogP contribution in [0.5, 0.6) is 0 Å². The first-order valence-electron chi connectivity index (χ1n) is 5.06. The maximum atomic E-state index is 7.30. The smallest absolute Gasteiger partial charge is 0.188 e. The van der Waals surface area contributed by atoms with E-state index in [1.165, 1.54) is 11.3 Å². The molecule has 0 amide bonds. The summed E-state index contributed by atoms with van der Waals surface area (Å²) in [4.78, 5) is 1.75. The molecular formula is C11H16N4. The van der Waals surface area contributed by atoms with Gasteiger partial charge in [0, 0.05) is 25.3 Å². The zero-order valence-corrected chi connectivity index (χ0v) is 8.83. The molecule has 0 fully saturated rings. The Hall–Kier alpha value is -1.71. The summed E-state index contributed by atoms with van der Waals surface area (Å²) in [7, 11) is 1.84. The van der Waals surface area contributed by atoms with Gasteiger partial charge in [-0.3, -0.25) is 5.41 Å². The maximum absolute atomic E-state index is 7.30. The van der Waals surface area contributed by atoms with E-state index in [4.69, 9.17) is 11.1 Å². The van der Waals surface area contributed by atoms with Crippen LogP contribution in [0.1, 0.15) is 5.56 Å². The van der Waals surface area contributed by atoms with Crippen molar-refractivity contribution >= 4 is 11.6 Å². The molecule has 1 atom stereocenters. The summed E-state index contributed by atoms with van der Waals surface area (Å²) >= 11 is 0. The van der Waals surface area contributed by atoms with E-state index in [1.54, 1.807) is 4.90 Å². The van der Waals surface area contributed by atoms with Crippen molar-refractivity contribution in [2.45, 2.75) is 12.5 Å². The zero-order chi connectivity index (χ0) is 10.8. The van der Waals surface area contributed by atoms with Gasteiger partial charge in [-0.15, -0.1) is 0 Å². The summed E-state index contributed by atoms with van der Waals surface area (Å²) in [6, 6.07) is 8.66. The van der Waals surface area contributed by atoms with E-state index in [-0.39, 0.29) is 5.96 Å². The molecule has 1 heterocycles. The van der Waals surface area contributed by atoms with Crippen molar-refractivity contribution in [2.75, 3.05) is 18.9 Å². The molecule has 0 radical (unpaired) electrons. The number of fused-ring (bicyclic) bond motifs is 1. The minimum absolute atomic E-state index is 0.118. The lowest BCUT2D eigenvalue weighted by atomic mass is 10.1. The van der Waals surface area contributed by atoms with E-state index in [2.05, 4.69) is 23.5 Å². The number of hydrogen-bond donors (Lipinski definition) is 3. The van der Waals surface area contributed by atoms with Crippen molar-refractivity contribution in [1.29, 1.82) is 5.41 Å². The summed E-state index contributed by atoms with van der Waals surface area (Å²) in [5.41, 5.74) is 7.96. The lowest BCUT2D eigenvalue weighted by molar-refractivity contribution is 0.460. The van der Waals surface area contributed by atoms with Crippen LogP contribution in [0.2, 0.25) is 0 Å². The molecule has 80 valence electrons. The molecule has 0 bridgehead atoms. The molecule has 4 N–H and O–H groups in total. The number of nitrogens with two attached hydrogens (primary N) is 1. The summed E-state index contributed by atoms with van der Waals surface area (Å²) in [5.74, 6) is 0.118. The molecule has 1 aromatic rings. The average Bonchev–Trinajstić information content (AvgIpc) is 2.59. The Kier molecular flexibility index (Phi) is 2.49. The van der Waals surface area contributed by atoms with Crippen LogP contribution in [0.25, 0.3) is 0 Å². The molecule has 1 aromatic carbocycles. The summed E-state index contributed by atoms with van der Waals surface area (Å²) in [5, 5.41) is 10.7. The fourth-order valence-corrected chi connectivity index (χ4v) is 1.91. The molecule has 2 rings (SSSR count). The molecule has 0 saturated carbocycles. The Balaban J connectivity index is 1.99. The predicted molar refractivity (Wildman–Crippen MR) is 62.1 cm³/mol. The zero-order valence-electron chi connectivity index (χ0n) is 8.83. The van der Waals surface area contributed by atoms with Gasteiger partial charge in [-0.25, -0.2) is 0 Å². The highest BCUT2D eigenvalue weighted by Crippen LogP contribution is 2.25. The fraction of sp³-hybridized carbons (Fsp3) is 0.364. The van der Waals surface area contributed by atoms with Crippen molar-refractivity contribution in [2.24, 2.45) is 5.73 Å². The Morgan fingerprint density at radius 1 is 1.60 bits per heavy atom. The molecule has 0 saturated heterocycles. The van der Waals surface area contributed by atoms with Crippen molar-refractivity contribution in [3.63, 3.8) is 0 Å². The van der Waals surface area contributed by atoms with Gasteiger partial charge >= 0.3 is 0 Å². The number of para-hydroxylation sites is 1. The average molecular weight is 204 g/mol. The third-order valence-corrected chi connectivity index (χ3v) is 2.75. The number of anilines is 1. The molecule has 0 spiro atoms. The highest BCUT2D eigenvalue weighted by atomic mass is 15.2. The third-order valence-electron chi connectivity index (χ3n) is 2.75. The number of hydrogen-bond acceptors (Lipinski definition) is 2. The summed E-state index contributed by atoms with van der Waals surface area (Å²) < 4.78 is 0. The van der Waals surface area contributed by atoms with Crippen LogP contribution in [-0.2, 0) is 6.42 Å². The molecule has 0 aromatic heterocycles. The van der Waals surface area contributed by atoms with Gasteiger partial charge in [0.05, 0.1) is 0 Å². The monoisotopic (exact) mass is 204 g/mol. The Morgan fingerprint density at radius 2 is 2.33 bits per heavy atom. The number of likely N-dealkylation sites (N-methyl/N-ethyl adjacent to an activating group) is 1. The molecule has 4 nitrogen and oxygen atoms in total. The highest BCUT2D eigenvalue weighted by molar-refractivity contribution is 5.74. The van der Waals surface area contributed by atoms with Crippen LogP contribution >= 0.6 is 0 Å². The predicted octanol–water partition coefficient (Wildman–Crippen LogP) is 0.848. The van der Waals surface area contributed by atoms with Crippen LogP contribution in [0.15, 0.2) is 24.3 Å². The van der Waals surface area contributed by atoms with Crippen LogP contribution in [0.4, 0.5) is 5.69 Å². The van der Waals surface area contributed by atoms with Crippen LogP contribution in [-0.4, -0.2) is 30.5 Å². The van der Waals surface area contributed by atoms with Gasteiger partial charge in [-0.1, -0.05) is 18.2 Å². The number of nitrogens with one attached hydrogen (secondary N) is 2. The minimum Gasteiger partial charge on any atom is -0.380 e. The molecule has 1 unspecified atom stereocenters. The van der Waals surface area contributed by atoms with Crippen molar-refractivity contribution in [1.82, 2.24) is 4.90 Å². The quantitative estimate of drug-likeness (QED) is 0.494. The number of nitrogens with zero attached hydrogens (tertiary/aromatic N) is 1. The van der Waals surface area contributed by atoms with E-state index in [1.807, 2.05) is 13.1 Å². The van der Waals surface area contributed by atoms with Crippen LogP contribution < -0.4 is 11.1 Å². The second-order valence-corrected chi connectivity index (χ2v) is 3.97. The Labute approximate surface area is 89.6 Å². The lowest BCUT2D eigenvalue weighted by Crippen LogP contribution is -2.40. The standard InChI is InChI=1S/C11H16N4/c1-15(11(12)13)7-9-6-8-4-2-3-5-10(8)14-9/h2-5,9,14H,6-7H2,1H3,(H3,12,13). The first-order chi connectivity index (χ1) is 7.16. The fourth-order valence-electron chi connectivity index (χ4n) is 1.91. The largest absolute Gasteiger partial charge is 0.380 e. The van der Waals surface area contributed by atoms with E-state index < -0.39 is 0 Å². The van der Waals surface area contributed by atoms with Crippen molar-refractivity contribution in [3.8, 4) is 0 Å². The van der Waals surface area contributed by atoms with E-state index in [0.717, 1.165) is 13.0 Å². The van der Waals surface area contributed by atoms with Gasteiger partial charge in [0.25, 0.3) is 0 Å². The normalized spacial score (nSPS) is 18.1. The Morgan fingerprint density at radius 3 is 3.00 bits per heavy atom. The molecule has 1 aliphatic rings. The van der Waals surface area contributed by atoms with E-state index >= 15 is 0 Å². The van der Waals surface area contributed by atoms with E-state index in [0.29, 0.717) is 6.04 Å². The van der Waals surface area contributed by atoms with E-state index in [9.17, 15) is 0 Å². The summed E-state index contributed by atoms with van der Waals surface area (Å²) in [6.07, 6.45) is 1.01. The molecule has 1 aliphatic heterocycles. The maximum Gasteiger partial charge on any atom is 0.188 e. The number of guanidine groups is 1.